The Labute approximate surface area is 127 Å². The molecule has 2 N–H and O–H groups in total. The Morgan fingerprint density at radius 3 is 2.73 bits per heavy atom. The minimum atomic E-state index is -0.211. The number of hydrogen-bond donors (Lipinski definition) is 2. The maximum Gasteiger partial charge on any atom is 0.271 e. The summed E-state index contributed by atoms with van der Waals surface area (Å²) in [5.74, 6) is 0.296. The molecule has 0 spiro atoms. The minimum absolute atomic E-state index is 0.0406. The molecular weight excluding hydrogens is 280 g/mol. The number of aliphatic hydroxyl groups is 1. The van der Waals surface area contributed by atoms with Gasteiger partial charge in [-0.25, -0.2) is 9.97 Å². The number of nitrogens with one attached hydrogen (secondary N) is 1. The predicted molar refractivity (Wildman–Crippen MR) is 81.4 cm³/mol. The molecule has 6 nitrogen and oxygen atoms in total. The molecule has 3 rings (SSSR count). The Morgan fingerprint density at radius 2 is 2.00 bits per heavy atom. The Hall–Kier alpha value is -2.73. The summed E-state index contributed by atoms with van der Waals surface area (Å²) in [5.41, 5.74) is 2.34. The summed E-state index contributed by atoms with van der Waals surface area (Å²) in [6, 6.07) is 9.45. The van der Waals surface area contributed by atoms with E-state index in [1.54, 1.807) is 29.1 Å². The predicted octanol–water partition coefficient (Wildman–Crippen LogP) is 1.19. The van der Waals surface area contributed by atoms with Crippen LogP contribution in [0.2, 0.25) is 0 Å². The van der Waals surface area contributed by atoms with Gasteiger partial charge in [0.15, 0.2) is 0 Å². The number of imidazole rings is 1. The fraction of sp³-hybridized carbons (Fsp3) is 0.188. The van der Waals surface area contributed by atoms with E-state index in [0.29, 0.717) is 18.0 Å². The lowest BCUT2D eigenvalue weighted by molar-refractivity contribution is 0.0949. The number of fused-ring (bicyclic) bond motifs is 1. The second-order valence-electron chi connectivity index (χ2n) is 4.93. The largest absolute Gasteiger partial charge is 0.392 e. The van der Waals surface area contributed by atoms with Crippen LogP contribution in [0.25, 0.3) is 5.78 Å². The molecule has 1 amide bonds. The van der Waals surface area contributed by atoms with Crippen LogP contribution in [0, 0.1) is 0 Å². The van der Waals surface area contributed by atoms with Crippen LogP contribution in [0.3, 0.4) is 0 Å². The van der Waals surface area contributed by atoms with Crippen LogP contribution in [0.4, 0.5) is 0 Å². The van der Waals surface area contributed by atoms with E-state index in [-0.39, 0.29) is 12.5 Å². The standard InChI is InChI=1S/C16H16N4O2/c21-11-13-4-2-12(3-5-13)6-8-17-15(22)14-10-20-9-1-7-18-16(20)19-14/h1-5,7,9-10,21H,6,8,11H2,(H,17,22). The van der Waals surface area contributed by atoms with Crippen molar-refractivity contribution in [2.75, 3.05) is 6.54 Å². The molecule has 3 aromatic rings. The molecule has 0 fully saturated rings. The first-order valence-electron chi connectivity index (χ1n) is 7.03. The number of benzene rings is 1. The van der Waals surface area contributed by atoms with Gasteiger partial charge >= 0.3 is 0 Å². The van der Waals surface area contributed by atoms with Gasteiger partial charge in [-0.2, -0.15) is 0 Å². The number of nitrogens with zero attached hydrogens (tertiary/aromatic N) is 3. The number of hydrogen-bond acceptors (Lipinski definition) is 4. The van der Waals surface area contributed by atoms with Crippen LogP contribution in [-0.4, -0.2) is 31.9 Å². The maximum absolute atomic E-state index is 12.1. The summed E-state index contributed by atoms with van der Waals surface area (Å²) < 4.78 is 1.71. The highest BCUT2D eigenvalue weighted by Gasteiger charge is 2.10. The van der Waals surface area contributed by atoms with Crippen molar-refractivity contribution < 1.29 is 9.90 Å². The van der Waals surface area contributed by atoms with Crippen molar-refractivity contribution in [1.82, 2.24) is 19.7 Å². The molecule has 0 saturated carbocycles. The highest BCUT2D eigenvalue weighted by atomic mass is 16.3. The van der Waals surface area contributed by atoms with Crippen molar-refractivity contribution in [3.63, 3.8) is 0 Å². The van der Waals surface area contributed by atoms with Gasteiger partial charge in [0.25, 0.3) is 5.91 Å². The summed E-state index contributed by atoms with van der Waals surface area (Å²) in [6.07, 6.45) is 5.83. The van der Waals surface area contributed by atoms with Crippen LogP contribution in [0.1, 0.15) is 21.6 Å². The third kappa shape index (κ3) is 3.12. The quantitative estimate of drug-likeness (QED) is 0.741. The van der Waals surface area contributed by atoms with E-state index in [9.17, 15) is 4.79 Å². The Kier molecular flexibility index (Phi) is 4.11. The number of aliphatic hydroxyl groups excluding tert-OH is 1. The number of rotatable bonds is 5. The molecule has 0 unspecified atom stereocenters. The van der Waals surface area contributed by atoms with E-state index < -0.39 is 0 Å². The fourth-order valence-corrected chi connectivity index (χ4v) is 2.16. The van der Waals surface area contributed by atoms with Crippen LogP contribution >= 0.6 is 0 Å². The number of aromatic nitrogens is 3. The molecule has 0 bridgehead atoms. The minimum Gasteiger partial charge on any atom is -0.392 e. The Bertz CT molecular complexity index is 747. The SMILES string of the molecule is O=C(NCCc1ccc(CO)cc1)c1cn2cccnc2n1. The second kappa shape index (κ2) is 6.36. The molecule has 0 radical (unpaired) electrons. The molecule has 0 aliphatic heterocycles. The average Bonchev–Trinajstić information content (AvgIpc) is 2.99. The number of carbonyl (C=O) groups excluding carboxylic acids is 1. The molecule has 2 heterocycles. The Morgan fingerprint density at radius 1 is 1.23 bits per heavy atom. The maximum atomic E-state index is 12.1. The third-order valence-corrected chi connectivity index (χ3v) is 3.37. The zero-order chi connectivity index (χ0) is 15.4. The van der Waals surface area contributed by atoms with Gasteiger partial charge in [-0.1, -0.05) is 24.3 Å². The van der Waals surface area contributed by atoms with Gasteiger partial charge in [0.1, 0.15) is 5.69 Å². The van der Waals surface area contributed by atoms with Gasteiger partial charge < -0.3 is 10.4 Å². The van der Waals surface area contributed by atoms with Crippen LogP contribution in [0.5, 0.6) is 0 Å². The molecule has 0 aliphatic carbocycles. The monoisotopic (exact) mass is 296 g/mol. The van der Waals surface area contributed by atoms with Crippen LogP contribution < -0.4 is 5.32 Å². The van der Waals surface area contributed by atoms with Gasteiger partial charge in [0.05, 0.1) is 6.61 Å². The van der Waals surface area contributed by atoms with Crippen molar-refractivity contribution in [3.8, 4) is 0 Å². The lowest BCUT2D eigenvalue weighted by atomic mass is 10.1. The zero-order valence-corrected chi connectivity index (χ0v) is 11.9. The van der Waals surface area contributed by atoms with Crippen molar-refractivity contribution in [1.29, 1.82) is 0 Å². The molecular formula is C16H16N4O2. The smallest absolute Gasteiger partial charge is 0.271 e. The first kappa shape index (κ1) is 14.2. The van der Waals surface area contributed by atoms with E-state index in [1.165, 1.54) is 0 Å². The summed E-state index contributed by atoms with van der Waals surface area (Å²) in [4.78, 5) is 20.3. The van der Waals surface area contributed by atoms with E-state index in [1.807, 2.05) is 24.3 Å². The molecule has 0 atom stereocenters. The molecule has 112 valence electrons. The second-order valence-corrected chi connectivity index (χ2v) is 4.93. The van der Waals surface area contributed by atoms with Gasteiger partial charge in [-0.3, -0.25) is 9.20 Å². The highest BCUT2D eigenvalue weighted by Crippen LogP contribution is 2.05. The van der Waals surface area contributed by atoms with Crippen LogP contribution in [-0.2, 0) is 13.0 Å². The van der Waals surface area contributed by atoms with Gasteiger partial charge in [-0.15, -0.1) is 0 Å². The summed E-state index contributed by atoms with van der Waals surface area (Å²) in [5, 5.41) is 11.8. The first-order chi connectivity index (χ1) is 10.8. The van der Waals surface area contributed by atoms with Crippen molar-refractivity contribution in [2.24, 2.45) is 0 Å². The van der Waals surface area contributed by atoms with Crippen molar-refractivity contribution in [3.05, 3.63) is 65.7 Å². The fourth-order valence-electron chi connectivity index (χ4n) is 2.16. The molecule has 1 aromatic carbocycles. The molecule has 0 aliphatic rings. The summed E-state index contributed by atoms with van der Waals surface area (Å²) in [7, 11) is 0. The number of carbonyl (C=O) groups is 1. The normalized spacial score (nSPS) is 10.8. The zero-order valence-electron chi connectivity index (χ0n) is 11.9. The third-order valence-electron chi connectivity index (χ3n) is 3.37. The summed E-state index contributed by atoms with van der Waals surface area (Å²) in [6.45, 7) is 0.567. The van der Waals surface area contributed by atoms with Crippen molar-refractivity contribution >= 4 is 11.7 Å². The number of amides is 1. The average molecular weight is 296 g/mol. The van der Waals surface area contributed by atoms with Gasteiger partial charge in [0, 0.05) is 25.1 Å². The molecule has 0 saturated heterocycles. The van der Waals surface area contributed by atoms with Crippen LogP contribution in [0.15, 0.2) is 48.9 Å². The van der Waals surface area contributed by atoms with Crippen molar-refractivity contribution in [2.45, 2.75) is 13.0 Å². The summed E-state index contributed by atoms with van der Waals surface area (Å²) >= 11 is 0. The highest BCUT2D eigenvalue weighted by molar-refractivity contribution is 5.92. The van der Waals surface area contributed by atoms with E-state index in [0.717, 1.165) is 17.5 Å². The lowest BCUT2D eigenvalue weighted by Gasteiger charge is -2.04. The molecule has 22 heavy (non-hydrogen) atoms. The Balaban J connectivity index is 1.57. The first-order valence-corrected chi connectivity index (χ1v) is 7.03. The van der Waals surface area contributed by atoms with Gasteiger partial charge in [0.2, 0.25) is 5.78 Å². The van der Waals surface area contributed by atoms with Gasteiger partial charge in [-0.05, 0) is 23.6 Å². The van der Waals surface area contributed by atoms with E-state index in [2.05, 4.69) is 15.3 Å². The molecule has 2 aromatic heterocycles. The molecule has 6 heteroatoms. The topological polar surface area (TPSA) is 79.5 Å². The lowest BCUT2D eigenvalue weighted by Crippen LogP contribution is -2.26. The van der Waals surface area contributed by atoms with E-state index >= 15 is 0 Å². The van der Waals surface area contributed by atoms with E-state index in [4.69, 9.17) is 5.11 Å².